The number of hydrogen-bond acceptors (Lipinski definition) is 3. The zero-order valence-electron chi connectivity index (χ0n) is 10.3. The molecule has 0 radical (unpaired) electrons. The van der Waals surface area contributed by atoms with Gasteiger partial charge in [-0.05, 0) is 36.9 Å². The van der Waals surface area contributed by atoms with E-state index in [9.17, 15) is 9.59 Å². The Kier molecular flexibility index (Phi) is 3.43. The zero-order valence-corrected chi connectivity index (χ0v) is 11.1. The molecule has 2 heterocycles. The molecule has 0 bridgehead atoms. The molecular weight excluding hydrogens is 248 g/mol. The van der Waals surface area contributed by atoms with Crippen molar-refractivity contribution < 1.29 is 9.59 Å². The van der Waals surface area contributed by atoms with Crippen LogP contribution in [0.2, 0.25) is 0 Å². The van der Waals surface area contributed by atoms with Gasteiger partial charge in [0.05, 0.1) is 10.9 Å². The highest BCUT2D eigenvalue weighted by Gasteiger charge is 2.37. The van der Waals surface area contributed by atoms with Crippen LogP contribution in [0.5, 0.6) is 0 Å². The minimum absolute atomic E-state index is 0.243. The molecular formula is C13H14N2O2S. The Labute approximate surface area is 110 Å². The molecule has 0 saturated carbocycles. The van der Waals surface area contributed by atoms with Crippen LogP contribution in [0, 0.1) is 0 Å². The summed E-state index contributed by atoms with van der Waals surface area (Å²) in [7, 11) is 1.89. The van der Waals surface area contributed by atoms with Crippen LogP contribution in [-0.4, -0.2) is 26.7 Å². The van der Waals surface area contributed by atoms with Crippen molar-refractivity contribution in [3.8, 4) is 0 Å². The van der Waals surface area contributed by atoms with Gasteiger partial charge in [-0.25, -0.2) is 0 Å². The van der Waals surface area contributed by atoms with Crippen molar-refractivity contribution in [1.82, 2.24) is 9.47 Å². The highest BCUT2D eigenvalue weighted by Crippen LogP contribution is 2.33. The third-order valence-corrected chi connectivity index (χ3v) is 3.72. The number of aryl methyl sites for hydroxylation is 1. The fourth-order valence-corrected chi connectivity index (χ4v) is 2.60. The monoisotopic (exact) mass is 262 g/mol. The van der Waals surface area contributed by atoms with Gasteiger partial charge in [-0.15, -0.1) is 6.58 Å². The lowest BCUT2D eigenvalue weighted by Crippen LogP contribution is -2.35. The zero-order chi connectivity index (χ0) is 13.3. The topological polar surface area (TPSA) is 42.3 Å². The molecule has 4 nitrogen and oxygen atoms in total. The van der Waals surface area contributed by atoms with E-state index in [1.54, 1.807) is 19.1 Å². The molecule has 0 unspecified atom stereocenters. The quantitative estimate of drug-likeness (QED) is 0.621. The summed E-state index contributed by atoms with van der Waals surface area (Å²) >= 11 is 0.970. The van der Waals surface area contributed by atoms with Crippen molar-refractivity contribution in [3.05, 3.63) is 41.6 Å². The fraction of sp³-hybridized carbons (Fsp3) is 0.231. The lowest BCUT2D eigenvalue weighted by atomic mass is 10.2. The van der Waals surface area contributed by atoms with Gasteiger partial charge in [0.25, 0.3) is 11.1 Å². The van der Waals surface area contributed by atoms with Gasteiger partial charge in [-0.1, -0.05) is 6.08 Å². The van der Waals surface area contributed by atoms with E-state index < -0.39 is 0 Å². The van der Waals surface area contributed by atoms with Crippen LogP contribution in [0.25, 0.3) is 6.08 Å². The van der Waals surface area contributed by atoms with Gasteiger partial charge in [0, 0.05) is 18.9 Å². The molecule has 0 aromatic carbocycles. The third-order valence-electron chi connectivity index (χ3n) is 2.83. The lowest BCUT2D eigenvalue weighted by Gasteiger charge is -2.17. The first-order valence-electron chi connectivity index (χ1n) is 5.55. The Balaban J connectivity index is 2.31. The molecule has 2 amide bonds. The molecule has 0 aliphatic carbocycles. The summed E-state index contributed by atoms with van der Waals surface area (Å²) in [6.07, 6.45) is 5.21. The summed E-state index contributed by atoms with van der Waals surface area (Å²) in [5.41, 5.74) is 0.895. The Bertz CT molecular complexity index is 545. The minimum atomic E-state index is -0.281. The van der Waals surface area contributed by atoms with Crippen molar-refractivity contribution in [2.75, 3.05) is 0 Å². The minimum Gasteiger partial charge on any atom is -0.351 e. The Morgan fingerprint density at radius 2 is 2.17 bits per heavy atom. The average Bonchev–Trinajstić information content (AvgIpc) is 2.85. The number of thioether (sulfide) groups is 1. The molecule has 1 fully saturated rings. The number of nitrogens with zero attached hydrogens (tertiary/aromatic N) is 2. The molecule has 0 spiro atoms. The summed E-state index contributed by atoms with van der Waals surface area (Å²) in [6.45, 7) is 5.38. The Morgan fingerprint density at radius 1 is 1.44 bits per heavy atom. The van der Waals surface area contributed by atoms with Crippen LogP contribution in [0.1, 0.15) is 12.6 Å². The summed E-state index contributed by atoms with van der Waals surface area (Å²) in [6, 6.07) is 3.50. The van der Waals surface area contributed by atoms with Crippen molar-refractivity contribution >= 4 is 29.0 Å². The van der Waals surface area contributed by atoms with E-state index in [1.807, 2.05) is 29.9 Å². The molecule has 1 atom stereocenters. The van der Waals surface area contributed by atoms with Crippen LogP contribution in [0.4, 0.5) is 4.79 Å². The summed E-state index contributed by atoms with van der Waals surface area (Å²) in [4.78, 5) is 25.6. The summed E-state index contributed by atoms with van der Waals surface area (Å²) in [5, 5.41) is -0.243. The Morgan fingerprint density at radius 3 is 2.72 bits per heavy atom. The van der Waals surface area contributed by atoms with E-state index in [-0.39, 0.29) is 17.2 Å². The molecule has 1 aliphatic heterocycles. The maximum absolute atomic E-state index is 12.1. The second kappa shape index (κ2) is 4.86. The smallest absolute Gasteiger partial charge is 0.294 e. The molecule has 5 heteroatoms. The molecule has 2 rings (SSSR count). The number of aromatic nitrogens is 1. The van der Waals surface area contributed by atoms with Gasteiger partial charge < -0.3 is 4.57 Å². The first-order valence-corrected chi connectivity index (χ1v) is 6.37. The van der Waals surface area contributed by atoms with Crippen molar-refractivity contribution in [1.29, 1.82) is 0 Å². The van der Waals surface area contributed by atoms with Gasteiger partial charge in [-0.3, -0.25) is 14.5 Å². The first kappa shape index (κ1) is 12.7. The SMILES string of the molecule is C=C[C@@H](C)N1C(=O)S/C(=C\c2cccn2C)C1=O. The predicted octanol–water partition coefficient (Wildman–Crippen LogP) is 2.64. The van der Waals surface area contributed by atoms with Gasteiger partial charge >= 0.3 is 0 Å². The molecule has 1 saturated heterocycles. The van der Waals surface area contributed by atoms with Gasteiger partial charge in [-0.2, -0.15) is 0 Å². The van der Waals surface area contributed by atoms with E-state index in [1.165, 1.54) is 4.90 Å². The average molecular weight is 262 g/mol. The second-order valence-corrected chi connectivity index (χ2v) is 5.07. The van der Waals surface area contributed by atoms with Crippen LogP contribution < -0.4 is 0 Å². The molecule has 18 heavy (non-hydrogen) atoms. The molecule has 1 aromatic rings. The van der Waals surface area contributed by atoms with Crippen LogP contribution in [0.3, 0.4) is 0 Å². The van der Waals surface area contributed by atoms with E-state index in [0.29, 0.717) is 4.91 Å². The maximum Gasteiger partial charge on any atom is 0.294 e. The lowest BCUT2D eigenvalue weighted by molar-refractivity contribution is -0.123. The van der Waals surface area contributed by atoms with Gasteiger partial charge in [0.2, 0.25) is 0 Å². The standard InChI is InChI=1S/C13H14N2O2S/c1-4-9(2)15-12(16)11(18-13(15)17)8-10-6-5-7-14(10)3/h4-9H,1H2,2-3H3/b11-8-/t9-/m1/s1. The first-order chi connectivity index (χ1) is 8.54. The molecule has 94 valence electrons. The highest BCUT2D eigenvalue weighted by molar-refractivity contribution is 8.18. The molecule has 0 N–H and O–H groups in total. The second-order valence-electron chi connectivity index (χ2n) is 4.07. The number of rotatable bonds is 3. The number of carbonyl (C=O) groups excluding carboxylic acids is 2. The van der Waals surface area contributed by atoms with Crippen molar-refractivity contribution in [3.63, 3.8) is 0 Å². The van der Waals surface area contributed by atoms with Crippen LogP contribution >= 0.6 is 11.8 Å². The Hall–Kier alpha value is -1.75. The number of hydrogen-bond donors (Lipinski definition) is 0. The number of imide groups is 1. The maximum atomic E-state index is 12.1. The van der Waals surface area contributed by atoms with E-state index in [4.69, 9.17) is 0 Å². The predicted molar refractivity (Wildman–Crippen MR) is 72.9 cm³/mol. The van der Waals surface area contributed by atoms with E-state index in [2.05, 4.69) is 6.58 Å². The van der Waals surface area contributed by atoms with Gasteiger partial charge in [0.1, 0.15) is 0 Å². The largest absolute Gasteiger partial charge is 0.351 e. The van der Waals surface area contributed by atoms with E-state index in [0.717, 1.165) is 17.5 Å². The highest BCUT2D eigenvalue weighted by atomic mass is 32.2. The van der Waals surface area contributed by atoms with Crippen LogP contribution in [0.15, 0.2) is 35.9 Å². The molecule has 1 aromatic heterocycles. The third kappa shape index (κ3) is 2.13. The van der Waals surface area contributed by atoms with Gasteiger partial charge in [0.15, 0.2) is 0 Å². The van der Waals surface area contributed by atoms with Crippen molar-refractivity contribution in [2.24, 2.45) is 7.05 Å². The fourth-order valence-electron chi connectivity index (χ4n) is 1.69. The normalized spacial score (nSPS) is 19.7. The summed E-state index contributed by atoms with van der Waals surface area (Å²) in [5.74, 6) is -0.251. The van der Waals surface area contributed by atoms with Crippen molar-refractivity contribution in [2.45, 2.75) is 13.0 Å². The van der Waals surface area contributed by atoms with E-state index >= 15 is 0 Å². The van der Waals surface area contributed by atoms with Crippen LogP contribution in [-0.2, 0) is 11.8 Å². The summed E-state index contributed by atoms with van der Waals surface area (Å²) < 4.78 is 1.89. The molecule has 1 aliphatic rings. The number of amides is 2. The number of carbonyl (C=O) groups is 2.